The number of hydrogen-bond donors (Lipinski definition) is 2. The van der Waals surface area contributed by atoms with Gasteiger partial charge in [-0.05, 0) is 43.2 Å². The lowest BCUT2D eigenvalue weighted by atomic mass is 9.98. The first-order valence-corrected chi connectivity index (χ1v) is 13.0. The Hall–Kier alpha value is -3.62. The number of unbranched alkanes of at least 4 members (excludes halogenated alkanes) is 1. The zero-order chi connectivity index (χ0) is 25.0. The average molecular weight is 508 g/mol. The van der Waals surface area contributed by atoms with Crippen LogP contribution in [0.25, 0.3) is 22.2 Å². The van der Waals surface area contributed by atoms with E-state index >= 15 is 0 Å². The van der Waals surface area contributed by atoms with Crippen LogP contribution in [0.5, 0.6) is 0 Å². The summed E-state index contributed by atoms with van der Waals surface area (Å²) in [5.74, 6) is -0.173. The van der Waals surface area contributed by atoms with E-state index in [4.69, 9.17) is 23.1 Å². The Morgan fingerprint density at radius 2 is 1.57 bits per heavy atom. The molecule has 0 aliphatic rings. The second kappa shape index (κ2) is 10.3. The molecule has 0 spiro atoms. The van der Waals surface area contributed by atoms with Gasteiger partial charge in [-0.3, -0.25) is 0 Å². The average Bonchev–Trinajstić information content (AvgIpc) is 3.21. The van der Waals surface area contributed by atoms with E-state index in [1.165, 1.54) is 3.97 Å². The first kappa shape index (κ1) is 24.5. The van der Waals surface area contributed by atoms with Crippen molar-refractivity contribution in [3.8, 4) is 11.3 Å². The van der Waals surface area contributed by atoms with E-state index in [1.54, 1.807) is 60.7 Å². The van der Waals surface area contributed by atoms with Gasteiger partial charge in [-0.25, -0.2) is 12.4 Å². The zero-order valence-electron chi connectivity index (χ0n) is 19.2. The van der Waals surface area contributed by atoms with Gasteiger partial charge < -0.3 is 11.5 Å². The van der Waals surface area contributed by atoms with Crippen LogP contribution in [0.15, 0.2) is 94.0 Å². The lowest BCUT2D eigenvalue weighted by Crippen LogP contribution is -2.22. The molecule has 0 atom stereocenters. The molecule has 180 valence electrons. The van der Waals surface area contributed by atoms with Crippen LogP contribution in [0.3, 0.4) is 0 Å². The number of fused-ring (bicyclic) bond motifs is 1. The first-order chi connectivity index (χ1) is 16.8. The second-order valence-corrected chi connectivity index (χ2v) is 10.2. The number of nitrogens with two attached hydrogens (primary N) is 2. The van der Waals surface area contributed by atoms with Gasteiger partial charge in [0.25, 0.3) is 10.0 Å². The van der Waals surface area contributed by atoms with Crippen LogP contribution in [0.1, 0.15) is 31.7 Å². The molecule has 7 nitrogen and oxygen atoms in total. The number of nitrogens with zero attached hydrogens (tertiary/aromatic N) is 3. The number of guanidine groups is 1. The maximum Gasteiger partial charge on any atom is 0.268 e. The number of halogens is 1. The maximum atomic E-state index is 14.1. The van der Waals surface area contributed by atoms with Crippen LogP contribution in [0.2, 0.25) is 5.02 Å². The van der Waals surface area contributed by atoms with Crippen LogP contribution in [-0.2, 0) is 10.0 Å². The fourth-order valence-electron chi connectivity index (χ4n) is 4.01. The fourth-order valence-corrected chi connectivity index (χ4v) is 5.70. The van der Waals surface area contributed by atoms with E-state index in [-0.39, 0.29) is 10.9 Å². The number of para-hydroxylation sites is 1. The van der Waals surface area contributed by atoms with Gasteiger partial charge >= 0.3 is 0 Å². The number of rotatable bonds is 8. The molecule has 1 heterocycles. The van der Waals surface area contributed by atoms with Crippen molar-refractivity contribution in [2.75, 3.05) is 0 Å². The highest BCUT2D eigenvalue weighted by Crippen LogP contribution is 2.38. The molecule has 0 saturated heterocycles. The second-order valence-electron chi connectivity index (χ2n) is 8.01. The highest BCUT2D eigenvalue weighted by molar-refractivity contribution is 7.90. The first-order valence-electron chi connectivity index (χ1n) is 11.2. The molecule has 35 heavy (non-hydrogen) atoms. The molecule has 1 aromatic heterocycles. The monoisotopic (exact) mass is 507 g/mol. The van der Waals surface area contributed by atoms with Crippen molar-refractivity contribution in [2.24, 2.45) is 21.7 Å². The molecule has 4 rings (SSSR count). The van der Waals surface area contributed by atoms with E-state index in [1.807, 2.05) is 18.2 Å². The van der Waals surface area contributed by atoms with Crippen molar-refractivity contribution in [2.45, 2.75) is 31.1 Å². The minimum absolute atomic E-state index is 0.173. The lowest BCUT2D eigenvalue weighted by molar-refractivity contribution is 0.589. The highest BCUT2D eigenvalue weighted by Gasteiger charge is 2.29. The molecular formula is C26H26ClN5O2S. The third-order valence-electron chi connectivity index (χ3n) is 5.57. The third kappa shape index (κ3) is 4.94. The van der Waals surface area contributed by atoms with E-state index in [0.29, 0.717) is 39.5 Å². The van der Waals surface area contributed by atoms with Gasteiger partial charge in [0.15, 0.2) is 0 Å². The van der Waals surface area contributed by atoms with Crippen LogP contribution in [0, 0.1) is 0 Å². The predicted octanol–water partition coefficient (Wildman–Crippen LogP) is 5.37. The summed E-state index contributed by atoms with van der Waals surface area (Å²) in [6.07, 6.45) is 2.30. The van der Waals surface area contributed by atoms with Crippen molar-refractivity contribution in [1.82, 2.24) is 3.97 Å². The molecule has 0 saturated carbocycles. The molecule has 0 radical (unpaired) electrons. The molecule has 0 bridgehead atoms. The minimum Gasteiger partial charge on any atom is -0.369 e. The summed E-state index contributed by atoms with van der Waals surface area (Å²) in [5.41, 5.74) is 14.1. The fraction of sp³-hybridized carbons (Fsp3) is 0.154. The van der Waals surface area contributed by atoms with Gasteiger partial charge in [-0.1, -0.05) is 73.5 Å². The van der Waals surface area contributed by atoms with Gasteiger partial charge in [0.05, 0.1) is 21.8 Å². The summed E-state index contributed by atoms with van der Waals surface area (Å²) in [5, 5.41) is 9.57. The maximum absolute atomic E-state index is 14.1. The molecule has 3 aromatic carbocycles. The summed E-state index contributed by atoms with van der Waals surface area (Å²) < 4.78 is 29.5. The van der Waals surface area contributed by atoms with Crippen molar-refractivity contribution in [3.63, 3.8) is 0 Å². The Kier molecular flexibility index (Phi) is 7.23. The van der Waals surface area contributed by atoms with Crippen LogP contribution >= 0.6 is 11.6 Å². The molecule has 0 aliphatic heterocycles. The molecule has 0 aliphatic carbocycles. The van der Waals surface area contributed by atoms with Crippen LogP contribution < -0.4 is 11.5 Å². The number of aromatic nitrogens is 1. The predicted molar refractivity (Wildman–Crippen MR) is 143 cm³/mol. The molecule has 0 amide bonds. The highest BCUT2D eigenvalue weighted by atomic mass is 35.5. The van der Waals surface area contributed by atoms with Crippen molar-refractivity contribution >= 4 is 44.2 Å². The van der Waals surface area contributed by atoms with Crippen LogP contribution in [-0.4, -0.2) is 24.1 Å². The molecule has 4 N–H and O–H groups in total. The zero-order valence-corrected chi connectivity index (χ0v) is 20.8. The number of hydrogen-bond acceptors (Lipinski definition) is 4. The van der Waals surface area contributed by atoms with Crippen LogP contribution in [0.4, 0.5) is 0 Å². The summed E-state index contributed by atoms with van der Waals surface area (Å²) in [6.45, 7) is 2.07. The van der Waals surface area contributed by atoms with Gasteiger partial charge in [-0.2, -0.15) is 5.10 Å². The largest absolute Gasteiger partial charge is 0.369 e. The third-order valence-corrected chi connectivity index (χ3v) is 7.55. The van der Waals surface area contributed by atoms with Crippen molar-refractivity contribution < 1.29 is 8.42 Å². The smallest absolute Gasteiger partial charge is 0.268 e. The Balaban J connectivity index is 2.16. The SMILES string of the molecule is CCCC/C(=N\N=C(N)N)c1c(-c2ccc(Cl)cc2)n(S(=O)(=O)c2ccccc2)c2ccccc12. The van der Waals surface area contributed by atoms with Gasteiger partial charge in [0.1, 0.15) is 0 Å². The summed E-state index contributed by atoms with van der Waals surface area (Å²) >= 11 is 6.16. The molecular weight excluding hydrogens is 482 g/mol. The molecule has 0 fully saturated rings. The Morgan fingerprint density at radius 3 is 2.23 bits per heavy atom. The molecule has 0 unspecified atom stereocenters. The van der Waals surface area contributed by atoms with E-state index in [0.717, 1.165) is 18.2 Å². The Morgan fingerprint density at radius 1 is 0.914 bits per heavy atom. The van der Waals surface area contributed by atoms with Crippen molar-refractivity contribution in [1.29, 1.82) is 0 Å². The summed E-state index contributed by atoms with van der Waals surface area (Å²) in [4.78, 5) is 0.179. The van der Waals surface area contributed by atoms with Gasteiger partial charge in [0, 0.05) is 21.5 Å². The lowest BCUT2D eigenvalue weighted by Gasteiger charge is -2.14. The summed E-state index contributed by atoms with van der Waals surface area (Å²) in [7, 11) is -3.98. The van der Waals surface area contributed by atoms with Crippen molar-refractivity contribution in [3.05, 3.63) is 89.4 Å². The van der Waals surface area contributed by atoms with E-state index in [9.17, 15) is 8.42 Å². The standard InChI is InChI=1S/C26H26ClN5O2S/c1-2-3-12-22(30-31-26(28)29)24-21-11-7-8-13-23(21)32(25(24)18-14-16-19(27)17-15-18)35(33,34)20-9-5-4-6-10-20/h4-11,13-17H,2-3,12H2,1H3,(H4,28,29,31)/b30-22+. The molecule has 4 aromatic rings. The minimum atomic E-state index is -3.98. The Labute approximate surface area is 209 Å². The molecule has 9 heteroatoms. The van der Waals surface area contributed by atoms with Gasteiger partial charge in [0.2, 0.25) is 5.96 Å². The number of benzene rings is 3. The van der Waals surface area contributed by atoms with Gasteiger partial charge in [-0.15, -0.1) is 5.10 Å². The van der Waals surface area contributed by atoms with E-state index in [2.05, 4.69) is 17.1 Å². The normalized spacial score (nSPS) is 12.1. The van der Waals surface area contributed by atoms with E-state index < -0.39 is 10.0 Å². The topological polar surface area (TPSA) is 116 Å². The summed E-state index contributed by atoms with van der Waals surface area (Å²) in [6, 6.07) is 22.8. The quantitative estimate of drug-likeness (QED) is 0.189. The Bertz CT molecular complexity index is 1500.